The standard InChI is InChI=1S/C28H40N2O4S/c1-7-16-29-17-8-9-22(26(29)32)30(25(31)20-12-10-19(2)11-13-20)23-18-21(14-15-28(3,4)5)35-24(23)27(33)34-6/h18-20,22H,7-13,16-17H2,1-6H3/t19-,20-,22-/m0/s1. The van der Waals surface area contributed by atoms with Crippen LogP contribution in [0.1, 0.15) is 94.1 Å². The Morgan fingerprint density at radius 1 is 1.20 bits per heavy atom. The number of carbonyl (C=O) groups is 3. The first-order chi connectivity index (χ1) is 16.6. The number of ether oxygens (including phenoxy) is 1. The number of methoxy groups -OCH3 is 1. The lowest BCUT2D eigenvalue weighted by atomic mass is 9.82. The van der Waals surface area contributed by atoms with Crippen molar-refractivity contribution in [1.82, 2.24) is 4.90 Å². The van der Waals surface area contributed by atoms with Gasteiger partial charge in [0.15, 0.2) is 0 Å². The number of esters is 1. The van der Waals surface area contributed by atoms with Gasteiger partial charge in [-0.15, -0.1) is 11.3 Å². The van der Waals surface area contributed by atoms with Crippen LogP contribution in [0.5, 0.6) is 0 Å². The highest BCUT2D eigenvalue weighted by atomic mass is 32.1. The van der Waals surface area contributed by atoms with Crippen molar-refractivity contribution in [1.29, 1.82) is 0 Å². The fraction of sp³-hybridized carbons (Fsp3) is 0.679. The van der Waals surface area contributed by atoms with Crippen LogP contribution in [0.4, 0.5) is 5.69 Å². The van der Waals surface area contributed by atoms with Crippen LogP contribution in [0.2, 0.25) is 0 Å². The molecule has 0 radical (unpaired) electrons. The number of hydrogen-bond acceptors (Lipinski definition) is 5. The van der Waals surface area contributed by atoms with Crippen LogP contribution < -0.4 is 4.90 Å². The van der Waals surface area contributed by atoms with Crippen LogP contribution in [-0.2, 0) is 14.3 Å². The summed E-state index contributed by atoms with van der Waals surface area (Å²) in [6.07, 6.45) is 5.91. The van der Waals surface area contributed by atoms with E-state index in [4.69, 9.17) is 4.74 Å². The van der Waals surface area contributed by atoms with Crippen LogP contribution in [-0.4, -0.2) is 48.9 Å². The lowest BCUT2D eigenvalue weighted by Crippen LogP contribution is -2.56. The molecule has 3 rings (SSSR count). The van der Waals surface area contributed by atoms with Gasteiger partial charge in [-0.3, -0.25) is 14.5 Å². The largest absolute Gasteiger partial charge is 0.465 e. The van der Waals surface area contributed by atoms with E-state index in [1.807, 2.05) is 31.7 Å². The summed E-state index contributed by atoms with van der Waals surface area (Å²) in [7, 11) is 1.34. The van der Waals surface area contributed by atoms with Crippen molar-refractivity contribution in [3.05, 3.63) is 15.8 Å². The highest BCUT2D eigenvalue weighted by Crippen LogP contribution is 2.38. The highest BCUT2D eigenvalue weighted by molar-refractivity contribution is 7.15. The second kappa shape index (κ2) is 11.6. The molecule has 192 valence electrons. The van der Waals surface area contributed by atoms with Crippen molar-refractivity contribution in [2.24, 2.45) is 17.3 Å². The van der Waals surface area contributed by atoms with Crippen molar-refractivity contribution >= 4 is 34.8 Å². The predicted molar refractivity (Wildman–Crippen MR) is 140 cm³/mol. The summed E-state index contributed by atoms with van der Waals surface area (Å²) in [6, 6.07) is 1.20. The summed E-state index contributed by atoms with van der Waals surface area (Å²) in [5.41, 5.74) is 0.268. The Kier molecular flexibility index (Phi) is 9.04. The van der Waals surface area contributed by atoms with Crippen LogP contribution in [0.25, 0.3) is 0 Å². The molecule has 1 aromatic rings. The van der Waals surface area contributed by atoms with Crippen molar-refractivity contribution < 1.29 is 19.1 Å². The van der Waals surface area contributed by atoms with Crippen molar-refractivity contribution in [2.75, 3.05) is 25.1 Å². The molecule has 0 N–H and O–H groups in total. The number of nitrogens with zero attached hydrogens (tertiary/aromatic N) is 2. The van der Waals surface area contributed by atoms with Crippen molar-refractivity contribution in [2.45, 2.75) is 85.6 Å². The molecule has 0 spiro atoms. The van der Waals surface area contributed by atoms with Gasteiger partial charge in [0, 0.05) is 24.4 Å². The van der Waals surface area contributed by atoms with E-state index in [1.54, 1.807) is 4.90 Å². The van der Waals surface area contributed by atoms with E-state index in [-0.39, 0.29) is 23.1 Å². The van der Waals surface area contributed by atoms with E-state index in [0.29, 0.717) is 40.9 Å². The first kappa shape index (κ1) is 27.3. The maximum atomic E-state index is 14.1. The molecule has 6 nitrogen and oxygen atoms in total. The van der Waals surface area contributed by atoms with Crippen LogP contribution in [0.3, 0.4) is 0 Å². The van der Waals surface area contributed by atoms with Crippen molar-refractivity contribution in [3.8, 4) is 11.8 Å². The molecular weight excluding hydrogens is 460 g/mol. The highest BCUT2D eigenvalue weighted by Gasteiger charge is 2.41. The minimum Gasteiger partial charge on any atom is -0.465 e. The summed E-state index contributed by atoms with van der Waals surface area (Å²) in [5.74, 6) is 6.27. The Bertz CT molecular complexity index is 987. The molecule has 1 atom stereocenters. The number of piperidine rings is 1. The normalized spacial score (nSPS) is 22.9. The molecule has 2 amide bonds. The molecular formula is C28H40N2O4S. The molecule has 7 heteroatoms. The Balaban J connectivity index is 2.09. The van der Waals surface area contributed by atoms with E-state index in [9.17, 15) is 14.4 Å². The predicted octanol–water partition coefficient (Wildman–Crippen LogP) is 5.49. The minimum absolute atomic E-state index is 0.0278. The number of amides is 2. The topological polar surface area (TPSA) is 66.9 Å². The third-order valence-electron chi connectivity index (χ3n) is 6.81. The van der Waals surface area contributed by atoms with Gasteiger partial charge in [-0.1, -0.05) is 25.7 Å². The molecule has 1 aliphatic carbocycles. The molecule has 1 saturated heterocycles. The zero-order valence-electron chi connectivity index (χ0n) is 22.1. The van der Waals surface area contributed by atoms with Crippen LogP contribution in [0.15, 0.2) is 6.07 Å². The Labute approximate surface area is 214 Å². The lowest BCUT2D eigenvalue weighted by molar-refractivity contribution is -0.137. The number of rotatable bonds is 6. The third-order valence-corrected chi connectivity index (χ3v) is 7.83. The Morgan fingerprint density at radius 3 is 2.49 bits per heavy atom. The average molecular weight is 501 g/mol. The second-order valence-electron chi connectivity index (χ2n) is 11.0. The first-order valence-electron chi connectivity index (χ1n) is 12.9. The van der Waals surface area contributed by atoms with E-state index >= 15 is 0 Å². The zero-order chi connectivity index (χ0) is 25.8. The zero-order valence-corrected chi connectivity index (χ0v) is 22.9. The van der Waals surface area contributed by atoms with Gasteiger partial charge in [-0.05, 0) is 77.7 Å². The van der Waals surface area contributed by atoms with Gasteiger partial charge in [-0.2, -0.15) is 0 Å². The Hall–Kier alpha value is -2.33. The summed E-state index contributed by atoms with van der Waals surface area (Å²) >= 11 is 1.24. The van der Waals surface area contributed by atoms with Gasteiger partial charge in [0.2, 0.25) is 11.8 Å². The number of anilines is 1. The minimum atomic E-state index is -0.608. The molecule has 0 unspecified atom stereocenters. The second-order valence-corrected chi connectivity index (χ2v) is 12.0. The van der Waals surface area contributed by atoms with Gasteiger partial charge >= 0.3 is 5.97 Å². The van der Waals surface area contributed by atoms with Gasteiger partial charge < -0.3 is 9.64 Å². The molecule has 1 aliphatic heterocycles. The smallest absolute Gasteiger partial charge is 0.350 e. The van der Waals surface area contributed by atoms with Crippen molar-refractivity contribution in [3.63, 3.8) is 0 Å². The number of likely N-dealkylation sites (tertiary alicyclic amines) is 1. The van der Waals surface area contributed by atoms with Gasteiger partial charge in [0.25, 0.3) is 0 Å². The van der Waals surface area contributed by atoms with Gasteiger partial charge in [-0.25, -0.2) is 4.79 Å². The summed E-state index contributed by atoms with van der Waals surface area (Å²) in [5, 5.41) is 0. The summed E-state index contributed by atoms with van der Waals surface area (Å²) in [4.78, 5) is 45.0. The van der Waals surface area contributed by atoms with E-state index < -0.39 is 12.0 Å². The fourth-order valence-electron chi connectivity index (χ4n) is 4.91. The maximum Gasteiger partial charge on any atom is 0.350 e. The van der Waals surface area contributed by atoms with E-state index in [0.717, 1.165) is 38.5 Å². The molecule has 0 bridgehead atoms. The summed E-state index contributed by atoms with van der Waals surface area (Å²) < 4.78 is 5.09. The van der Waals surface area contributed by atoms with Gasteiger partial charge in [0.1, 0.15) is 10.9 Å². The van der Waals surface area contributed by atoms with Gasteiger partial charge in [0.05, 0.1) is 17.7 Å². The molecule has 0 aromatic carbocycles. The molecule has 2 aliphatic rings. The quantitative estimate of drug-likeness (QED) is 0.383. The first-order valence-corrected chi connectivity index (χ1v) is 13.7. The monoisotopic (exact) mass is 500 g/mol. The van der Waals surface area contributed by atoms with Crippen LogP contribution >= 0.6 is 11.3 Å². The summed E-state index contributed by atoms with van der Waals surface area (Å²) in [6.45, 7) is 11.7. The SMILES string of the molecule is CCCN1CCC[C@H](N(c2cc(C#CC(C)(C)C)sc2C(=O)OC)C(=O)[C@H]2CC[C@H](C)CC2)C1=O. The number of carbonyl (C=O) groups excluding carboxylic acids is 3. The third kappa shape index (κ3) is 6.67. The Morgan fingerprint density at radius 2 is 1.89 bits per heavy atom. The lowest BCUT2D eigenvalue weighted by Gasteiger charge is -2.40. The molecule has 1 aromatic heterocycles. The number of thiophene rings is 1. The maximum absolute atomic E-state index is 14.1. The molecule has 1 saturated carbocycles. The molecule has 35 heavy (non-hydrogen) atoms. The number of hydrogen-bond donors (Lipinski definition) is 0. The average Bonchev–Trinajstić information content (AvgIpc) is 3.23. The fourth-order valence-corrected chi connectivity index (χ4v) is 5.83. The molecule has 2 fully saturated rings. The molecule has 2 heterocycles. The van der Waals surface area contributed by atoms with E-state index in [1.165, 1.54) is 18.4 Å². The van der Waals surface area contributed by atoms with E-state index in [2.05, 4.69) is 25.7 Å². The van der Waals surface area contributed by atoms with Crippen LogP contribution in [0, 0.1) is 29.1 Å².